The zero-order valence-electron chi connectivity index (χ0n) is 12.9. The highest BCUT2D eigenvalue weighted by Crippen LogP contribution is 2.30. The molecule has 124 valence electrons. The van der Waals surface area contributed by atoms with Gasteiger partial charge in [0.1, 0.15) is 11.6 Å². The number of hydrogen-bond acceptors (Lipinski definition) is 4. The van der Waals surface area contributed by atoms with Gasteiger partial charge in [-0.2, -0.15) is 18.2 Å². The fourth-order valence-corrected chi connectivity index (χ4v) is 1.89. The molecule has 23 heavy (non-hydrogen) atoms. The highest BCUT2D eigenvalue weighted by molar-refractivity contribution is 5.44. The van der Waals surface area contributed by atoms with Crippen LogP contribution in [-0.2, 0) is 12.7 Å². The molecule has 4 nitrogen and oxygen atoms in total. The number of halogens is 4. The molecule has 0 aliphatic carbocycles. The fraction of sp³-hybridized carbons (Fsp3) is 0.333. The minimum Gasteiger partial charge on any atom is -0.363 e. The van der Waals surface area contributed by atoms with E-state index in [1.165, 1.54) is 11.0 Å². The van der Waals surface area contributed by atoms with Crippen molar-refractivity contribution < 1.29 is 17.6 Å². The molecule has 0 saturated carbocycles. The fourth-order valence-electron chi connectivity index (χ4n) is 1.89. The molecule has 1 N–H and O–H groups in total. The molecule has 0 spiro atoms. The summed E-state index contributed by atoms with van der Waals surface area (Å²) in [6.45, 7) is 1.80. The number of alkyl halides is 3. The Labute approximate surface area is 131 Å². The number of rotatable bonds is 4. The predicted molar refractivity (Wildman–Crippen MR) is 79.8 cm³/mol. The van der Waals surface area contributed by atoms with E-state index in [0.717, 1.165) is 11.6 Å². The third-order valence-electron chi connectivity index (χ3n) is 3.13. The largest absolute Gasteiger partial charge is 0.433 e. The first-order valence-corrected chi connectivity index (χ1v) is 6.79. The van der Waals surface area contributed by atoms with E-state index in [2.05, 4.69) is 15.3 Å². The number of aryl methyl sites for hydroxylation is 1. The van der Waals surface area contributed by atoms with Crippen LogP contribution in [0.4, 0.5) is 29.3 Å². The van der Waals surface area contributed by atoms with Gasteiger partial charge in [-0.15, -0.1) is 0 Å². The second-order valence-electron chi connectivity index (χ2n) is 5.26. The van der Waals surface area contributed by atoms with Crippen molar-refractivity contribution in [2.45, 2.75) is 19.6 Å². The third kappa shape index (κ3) is 4.30. The Morgan fingerprint density at radius 2 is 1.83 bits per heavy atom. The summed E-state index contributed by atoms with van der Waals surface area (Å²) in [6.07, 6.45) is -4.56. The summed E-state index contributed by atoms with van der Waals surface area (Å²) in [4.78, 5) is 8.99. The molecule has 0 fully saturated rings. The standard InChI is InChI=1S/C15H16F4N4/c1-9-6-10(4-5-11(9)16)8-20-14-21-12(15(17,18)19)7-13(22-14)23(2)3/h4-7H,8H2,1-3H3,(H,20,21,22). The van der Waals surface area contributed by atoms with Gasteiger partial charge in [-0.25, -0.2) is 9.37 Å². The van der Waals surface area contributed by atoms with Gasteiger partial charge in [0, 0.05) is 26.7 Å². The first-order valence-electron chi connectivity index (χ1n) is 6.79. The van der Waals surface area contributed by atoms with Crippen molar-refractivity contribution in [2.75, 3.05) is 24.3 Å². The van der Waals surface area contributed by atoms with Gasteiger partial charge in [0.05, 0.1) is 0 Å². The first-order chi connectivity index (χ1) is 10.7. The average molecular weight is 328 g/mol. The molecule has 1 heterocycles. The van der Waals surface area contributed by atoms with Gasteiger partial charge >= 0.3 is 6.18 Å². The molecule has 2 rings (SSSR count). The van der Waals surface area contributed by atoms with Gasteiger partial charge in [0.25, 0.3) is 0 Å². The van der Waals surface area contributed by atoms with Crippen LogP contribution in [0.1, 0.15) is 16.8 Å². The van der Waals surface area contributed by atoms with Crippen molar-refractivity contribution >= 4 is 11.8 Å². The number of anilines is 2. The van der Waals surface area contributed by atoms with Gasteiger partial charge in [-0.05, 0) is 24.1 Å². The number of hydrogen-bond donors (Lipinski definition) is 1. The number of nitrogens with zero attached hydrogens (tertiary/aromatic N) is 3. The Balaban J connectivity index is 2.24. The Morgan fingerprint density at radius 3 is 2.39 bits per heavy atom. The quantitative estimate of drug-likeness (QED) is 0.871. The molecule has 0 radical (unpaired) electrons. The highest BCUT2D eigenvalue weighted by Gasteiger charge is 2.34. The van der Waals surface area contributed by atoms with Gasteiger partial charge in [-0.1, -0.05) is 12.1 Å². The molecule has 2 aromatic rings. The molecule has 0 unspecified atom stereocenters. The third-order valence-corrected chi connectivity index (χ3v) is 3.13. The van der Waals surface area contributed by atoms with Crippen LogP contribution in [-0.4, -0.2) is 24.1 Å². The Hall–Kier alpha value is -2.38. The maximum Gasteiger partial charge on any atom is 0.433 e. The van der Waals surface area contributed by atoms with Gasteiger partial charge in [-0.3, -0.25) is 0 Å². The zero-order chi connectivity index (χ0) is 17.2. The number of aromatic nitrogens is 2. The lowest BCUT2D eigenvalue weighted by Gasteiger charge is -2.16. The lowest BCUT2D eigenvalue weighted by Crippen LogP contribution is -2.17. The topological polar surface area (TPSA) is 41.1 Å². The first kappa shape index (κ1) is 17.0. The minimum absolute atomic E-state index is 0.134. The molecule has 0 aliphatic heterocycles. The van der Waals surface area contributed by atoms with E-state index in [9.17, 15) is 17.6 Å². The summed E-state index contributed by atoms with van der Waals surface area (Å²) in [6, 6.07) is 5.36. The summed E-state index contributed by atoms with van der Waals surface area (Å²) >= 11 is 0. The van der Waals surface area contributed by atoms with Crippen LogP contribution in [0.15, 0.2) is 24.3 Å². The van der Waals surface area contributed by atoms with E-state index >= 15 is 0 Å². The van der Waals surface area contributed by atoms with E-state index in [1.54, 1.807) is 33.2 Å². The molecule has 0 atom stereocenters. The van der Waals surface area contributed by atoms with Gasteiger partial charge in [0.2, 0.25) is 5.95 Å². The van der Waals surface area contributed by atoms with E-state index in [0.29, 0.717) is 5.56 Å². The second-order valence-corrected chi connectivity index (χ2v) is 5.26. The zero-order valence-corrected chi connectivity index (χ0v) is 12.9. The Kier molecular flexibility index (Phi) is 4.72. The highest BCUT2D eigenvalue weighted by atomic mass is 19.4. The molecule has 0 amide bonds. The van der Waals surface area contributed by atoms with Crippen molar-refractivity contribution in [2.24, 2.45) is 0 Å². The molecule has 0 saturated heterocycles. The lowest BCUT2D eigenvalue weighted by molar-refractivity contribution is -0.141. The molecular formula is C15H16F4N4. The molecular weight excluding hydrogens is 312 g/mol. The van der Waals surface area contributed by atoms with Crippen molar-refractivity contribution in [3.63, 3.8) is 0 Å². The van der Waals surface area contributed by atoms with Crippen LogP contribution < -0.4 is 10.2 Å². The Morgan fingerprint density at radius 1 is 1.13 bits per heavy atom. The van der Waals surface area contributed by atoms with Crippen LogP contribution >= 0.6 is 0 Å². The van der Waals surface area contributed by atoms with E-state index < -0.39 is 11.9 Å². The predicted octanol–water partition coefficient (Wildman–Crippen LogP) is 3.62. The van der Waals surface area contributed by atoms with Crippen molar-refractivity contribution in [3.8, 4) is 0 Å². The summed E-state index contributed by atoms with van der Waals surface area (Å²) in [5.41, 5.74) is 0.161. The van der Waals surface area contributed by atoms with Crippen LogP contribution in [0.25, 0.3) is 0 Å². The van der Waals surface area contributed by atoms with E-state index in [-0.39, 0.29) is 24.1 Å². The van der Waals surface area contributed by atoms with Crippen molar-refractivity contribution in [3.05, 3.63) is 46.9 Å². The van der Waals surface area contributed by atoms with Gasteiger partial charge in [0.15, 0.2) is 5.69 Å². The molecule has 1 aromatic heterocycles. The summed E-state index contributed by atoms with van der Waals surface area (Å²) < 4.78 is 51.9. The average Bonchev–Trinajstić information content (AvgIpc) is 2.47. The SMILES string of the molecule is Cc1cc(CNc2nc(N(C)C)cc(C(F)(F)F)n2)ccc1F. The molecule has 8 heteroatoms. The van der Waals surface area contributed by atoms with Crippen LogP contribution in [0.3, 0.4) is 0 Å². The van der Waals surface area contributed by atoms with Crippen LogP contribution in [0.2, 0.25) is 0 Å². The van der Waals surface area contributed by atoms with E-state index in [1.807, 2.05) is 0 Å². The van der Waals surface area contributed by atoms with Crippen LogP contribution in [0, 0.1) is 12.7 Å². The Bertz CT molecular complexity index is 698. The summed E-state index contributed by atoms with van der Waals surface area (Å²) in [5, 5.41) is 2.74. The van der Waals surface area contributed by atoms with Gasteiger partial charge < -0.3 is 10.2 Å². The smallest absolute Gasteiger partial charge is 0.363 e. The maximum atomic E-state index is 13.2. The molecule has 1 aromatic carbocycles. The van der Waals surface area contributed by atoms with Crippen LogP contribution in [0.5, 0.6) is 0 Å². The maximum absolute atomic E-state index is 13.2. The summed E-state index contributed by atoms with van der Waals surface area (Å²) in [7, 11) is 3.19. The molecule has 0 aliphatic rings. The number of benzene rings is 1. The van der Waals surface area contributed by atoms with Crippen molar-refractivity contribution in [1.29, 1.82) is 0 Å². The summed E-state index contributed by atoms with van der Waals surface area (Å²) in [5.74, 6) is -0.324. The number of nitrogens with one attached hydrogen (secondary N) is 1. The second kappa shape index (κ2) is 6.39. The lowest BCUT2D eigenvalue weighted by atomic mass is 10.1. The monoisotopic (exact) mass is 328 g/mol. The minimum atomic E-state index is -4.56. The van der Waals surface area contributed by atoms with E-state index in [4.69, 9.17) is 0 Å². The molecule has 0 bridgehead atoms. The van der Waals surface area contributed by atoms with Crippen molar-refractivity contribution in [1.82, 2.24) is 9.97 Å². The normalized spacial score (nSPS) is 11.4.